The van der Waals surface area contributed by atoms with Gasteiger partial charge < -0.3 is 10.1 Å². The molecule has 126 valence electrons. The number of nitrogens with one attached hydrogen (secondary N) is 1. The highest BCUT2D eigenvalue weighted by molar-refractivity contribution is 6.31. The molecule has 0 unspecified atom stereocenters. The van der Waals surface area contributed by atoms with Crippen molar-refractivity contribution < 1.29 is 14.3 Å². The van der Waals surface area contributed by atoms with E-state index in [1.54, 1.807) is 30.3 Å². The number of anilines is 1. The molecule has 2 aromatic carbocycles. The monoisotopic (exact) mass is 345 g/mol. The summed E-state index contributed by atoms with van der Waals surface area (Å²) in [6.45, 7) is 3.86. The lowest BCUT2D eigenvalue weighted by molar-refractivity contribution is -0.116. The fraction of sp³-hybridized carbons (Fsp3) is 0.263. The van der Waals surface area contributed by atoms with Gasteiger partial charge in [-0.2, -0.15) is 0 Å². The number of halogens is 1. The normalized spacial score (nSPS) is 10.3. The standard InChI is InChI=1S/C19H20ClNO3/c1-13-11-17(8-9-18(13)20)24-10-4-7-19(23)21-16-6-3-5-15(12-16)14(2)22/h3,5-6,8-9,11-12H,4,7,10H2,1-2H3,(H,21,23). The highest BCUT2D eigenvalue weighted by atomic mass is 35.5. The van der Waals surface area contributed by atoms with Crippen LogP contribution in [0.1, 0.15) is 35.7 Å². The highest BCUT2D eigenvalue weighted by Gasteiger charge is 2.05. The third-order valence-electron chi connectivity index (χ3n) is 3.50. The fourth-order valence-electron chi connectivity index (χ4n) is 2.17. The maximum Gasteiger partial charge on any atom is 0.224 e. The maximum absolute atomic E-state index is 11.9. The number of benzene rings is 2. The second-order valence-corrected chi connectivity index (χ2v) is 5.96. The molecule has 24 heavy (non-hydrogen) atoms. The number of carbonyl (C=O) groups is 2. The van der Waals surface area contributed by atoms with Crippen LogP contribution < -0.4 is 10.1 Å². The smallest absolute Gasteiger partial charge is 0.224 e. The van der Waals surface area contributed by atoms with Gasteiger partial charge in [0.1, 0.15) is 5.75 Å². The summed E-state index contributed by atoms with van der Waals surface area (Å²) in [5, 5.41) is 3.49. The van der Waals surface area contributed by atoms with Gasteiger partial charge in [0, 0.05) is 22.7 Å². The summed E-state index contributed by atoms with van der Waals surface area (Å²) in [6, 6.07) is 12.4. The first-order valence-corrected chi connectivity index (χ1v) is 8.13. The van der Waals surface area contributed by atoms with Gasteiger partial charge in [-0.25, -0.2) is 0 Å². The van der Waals surface area contributed by atoms with Gasteiger partial charge in [-0.05, 0) is 56.2 Å². The minimum absolute atomic E-state index is 0.0299. The van der Waals surface area contributed by atoms with Crippen LogP contribution in [0.25, 0.3) is 0 Å². The zero-order valence-corrected chi connectivity index (χ0v) is 14.5. The molecule has 5 heteroatoms. The van der Waals surface area contributed by atoms with E-state index in [1.165, 1.54) is 6.92 Å². The van der Waals surface area contributed by atoms with Crippen molar-refractivity contribution in [2.75, 3.05) is 11.9 Å². The Morgan fingerprint density at radius 2 is 1.96 bits per heavy atom. The maximum atomic E-state index is 11.9. The molecule has 2 rings (SSSR count). The summed E-state index contributed by atoms with van der Waals surface area (Å²) in [4.78, 5) is 23.3. The van der Waals surface area contributed by atoms with E-state index in [4.69, 9.17) is 16.3 Å². The van der Waals surface area contributed by atoms with E-state index in [-0.39, 0.29) is 11.7 Å². The van der Waals surface area contributed by atoms with Crippen LogP contribution in [0, 0.1) is 6.92 Å². The lowest BCUT2D eigenvalue weighted by Gasteiger charge is -2.09. The molecule has 0 aliphatic heterocycles. The van der Waals surface area contributed by atoms with Crippen LogP contribution in [-0.4, -0.2) is 18.3 Å². The van der Waals surface area contributed by atoms with Crippen LogP contribution in [0.15, 0.2) is 42.5 Å². The first kappa shape index (κ1) is 18.0. The van der Waals surface area contributed by atoms with Crippen molar-refractivity contribution in [3.8, 4) is 5.75 Å². The number of ketones is 1. The fourth-order valence-corrected chi connectivity index (χ4v) is 2.29. The topological polar surface area (TPSA) is 55.4 Å². The van der Waals surface area contributed by atoms with Crippen LogP contribution >= 0.6 is 11.6 Å². The molecule has 0 spiro atoms. The molecule has 0 heterocycles. The van der Waals surface area contributed by atoms with E-state index in [1.807, 2.05) is 19.1 Å². The van der Waals surface area contributed by atoms with Gasteiger partial charge in [-0.1, -0.05) is 23.7 Å². The highest BCUT2D eigenvalue weighted by Crippen LogP contribution is 2.21. The number of hydrogen-bond donors (Lipinski definition) is 1. The summed E-state index contributed by atoms with van der Waals surface area (Å²) >= 11 is 5.96. The second-order valence-electron chi connectivity index (χ2n) is 5.55. The van der Waals surface area contributed by atoms with Gasteiger partial charge in [-0.3, -0.25) is 9.59 Å². The summed E-state index contributed by atoms with van der Waals surface area (Å²) in [6.07, 6.45) is 0.941. The average Bonchev–Trinajstić information content (AvgIpc) is 2.55. The Kier molecular flexibility index (Phi) is 6.38. The molecule has 0 fully saturated rings. The average molecular weight is 346 g/mol. The zero-order chi connectivity index (χ0) is 17.5. The first-order valence-electron chi connectivity index (χ1n) is 7.75. The predicted octanol–water partition coefficient (Wildman–Crippen LogP) is 4.65. The van der Waals surface area contributed by atoms with E-state index < -0.39 is 0 Å². The molecule has 0 aliphatic rings. The molecule has 0 saturated carbocycles. The second kappa shape index (κ2) is 8.50. The number of amides is 1. The molecule has 0 saturated heterocycles. The van der Waals surface area contributed by atoms with Crippen molar-refractivity contribution in [2.24, 2.45) is 0 Å². The van der Waals surface area contributed by atoms with Gasteiger partial charge in [0.2, 0.25) is 5.91 Å². The van der Waals surface area contributed by atoms with Crippen LogP contribution in [-0.2, 0) is 4.79 Å². The van der Waals surface area contributed by atoms with Gasteiger partial charge in [-0.15, -0.1) is 0 Å². The number of aryl methyl sites for hydroxylation is 1. The zero-order valence-electron chi connectivity index (χ0n) is 13.8. The van der Waals surface area contributed by atoms with E-state index in [0.717, 1.165) is 11.3 Å². The molecule has 0 bridgehead atoms. The molecular weight excluding hydrogens is 326 g/mol. The third-order valence-corrected chi connectivity index (χ3v) is 3.92. The lowest BCUT2D eigenvalue weighted by atomic mass is 10.1. The Labute approximate surface area is 146 Å². The van der Waals surface area contributed by atoms with Crippen LogP contribution in [0.5, 0.6) is 5.75 Å². The van der Waals surface area contributed by atoms with Crippen molar-refractivity contribution >= 4 is 29.0 Å². The van der Waals surface area contributed by atoms with E-state index in [2.05, 4.69) is 5.32 Å². The number of Topliss-reactive ketones (excluding diaryl/α,β-unsaturated/α-hetero) is 1. The lowest BCUT2D eigenvalue weighted by Crippen LogP contribution is -2.13. The number of rotatable bonds is 7. The van der Waals surface area contributed by atoms with Crippen LogP contribution in [0.2, 0.25) is 5.02 Å². The van der Waals surface area contributed by atoms with Gasteiger partial charge >= 0.3 is 0 Å². The quantitative estimate of drug-likeness (QED) is 0.587. The van der Waals surface area contributed by atoms with Gasteiger partial charge in [0.05, 0.1) is 6.61 Å². The van der Waals surface area contributed by atoms with E-state index in [9.17, 15) is 9.59 Å². The molecule has 0 radical (unpaired) electrons. The Hall–Kier alpha value is -2.33. The molecule has 1 amide bonds. The molecule has 0 atom stereocenters. The summed E-state index contributed by atoms with van der Waals surface area (Å²) in [5.41, 5.74) is 2.16. The van der Waals surface area contributed by atoms with Crippen molar-refractivity contribution in [1.82, 2.24) is 0 Å². The Bertz CT molecular complexity index is 743. The third kappa shape index (κ3) is 5.39. The van der Waals surface area contributed by atoms with Gasteiger partial charge in [0.25, 0.3) is 0 Å². The molecule has 1 N–H and O–H groups in total. The summed E-state index contributed by atoms with van der Waals surface area (Å²) in [5.74, 6) is 0.607. The van der Waals surface area contributed by atoms with Crippen molar-refractivity contribution in [3.63, 3.8) is 0 Å². The molecule has 0 aliphatic carbocycles. The Balaban J connectivity index is 1.76. The van der Waals surface area contributed by atoms with Crippen molar-refractivity contribution in [1.29, 1.82) is 0 Å². The summed E-state index contributed by atoms with van der Waals surface area (Å²) < 4.78 is 5.61. The Morgan fingerprint density at radius 1 is 1.17 bits per heavy atom. The van der Waals surface area contributed by atoms with Gasteiger partial charge in [0.15, 0.2) is 5.78 Å². The van der Waals surface area contributed by atoms with Crippen molar-refractivity contribution in [3.05, 3.63) is 58.6 Å². The molecular formula is C19H20ClNO3. The summed E-state index contributed by atoms with van der Waals surface area (Å²) in [7, 11) is 0. The Morgan fingerprint density at radius 3 is 2.67 bits per heavy atom. The van der Waals surface area contributed by atoms with E-state index >= 15 is 0 Å². The van der Waals surface area contributed by atoms with Crippen molar-refractivity contribution in [2.45, 2.75) is 26.7 Å². The molecule has 0 aromatic heterocycles. The number of hydrogen-bond acceptors (Lipinski definition) is 3. The minimum Gasteiger partial charge on any atom is -0.494 e. The first-order chi connectivity index (χ1) is 11.5. The number of carbonyl (C=O) groups excluding carboxylic acids is 2. The van der Waals surface area contributed by atoms with Crippen LogP contribution in [0.3, 0.4) is 0 Å². The number of ether oxygens (including phenoxy) is 1. The van der Waals surface area contributed by atoms with Crippen LogP contribution in [0.4, 0.5) is 5.69 Å². The molecule has 2 aromatic rings. The SMILES string of the molecule is CC(=O)c1cccc(NC(=O)CCCOc2ccc(Cl)c(C)c2)c1. The minimum atomic E-state index is -0.105. The predicted molar refractivity (Wildman–Crippen MR) is 96.0 cm³/mol. The largest absolute Gasteiger partial charge is 0.494 e. The van der Waals surface area contributed by atoms with E-state index in [0.29, 0.717) is 35.7 Å². The molecule has 4 nitrogen and oxygen atoms in total.